The number of rotatable bonds is 3. The molecule has 2 N–H and O–H groups in total. The smallest absolute Gasteiger partial charge is 0.135 e. The van der Waals surface area contributed by atoms with Crippen molar-refractivity contribution in [2.45, 2.75) is 38.0 Å². The highest BCUT2D eigenvalue weighted by Gasteiger charge is 2.44. The fourth-order valence-electron chi connectivity index (χ4n) is 1.80. The lowest BCUT2D eigenvalue weighted by Crippen LogP contribution is -2.50. The van der Waals surface area contributed by atoms with Gasteiger partial charge in [0.25, 0.3) is 0 Å². The summed E-state index contributed by atoms with van der Waals surface area (Å²) < 4.78 is 5.50. The fourth-order valence-corrected chi connectivity index (χ4v) is 1.80. The largest absolute Gasteiger partial charge is 0.395 e. The van der Waals surface area contributed by atoms with Crippen LogP contribution in [-0.4, -0.2) is 36.0 Å². The first-order valence-corrected chi connectivity index (χ1v) is 4.57. The molecule has 4 heteroatoms. The molecule has 3 atom stereocenters. The quantitative estimate of drug-likeness (QED) is 0.649. The second-order valence-electron chi connectivity index (χ2n) is 3.53. The van der Waals surface area contributed by atoms with Crippen LogP contribution in [0.4, 0.5) is 0 Å². The summed E-state index contributed by atoms with van der Waals surface area (Å²) in [6.45, 7) is 4.33. The van der Waals surface area contributed by atoms with Crippen molar-refractivity contribution >= 4 is 0 Å². The van der Waals surface area contributed by atoms with Crippen LogP contribution < -0.4 is 5.32 Å². The minimum absolute atomic E-state index is 0.0462. The van der Waals surface area contributed by atoms with E-state index in [0.29, 0.717) is 13.0 Å². The third-order valence-electron chi connectivity index (χ3n) is 2.49. The first-order valence-electron chi connectivity index (χ1n) is 4.57. The van der Waals surface area contributed by atoms with Crippen molar-refractivity contribution < 1.29 is 9.84 Å². The Hall–Kier alpha value is -0.630. The first kappa shape index (κ1) is 10.5. The summed E-state index contributed by atoms with van der Waals surface area (Å²) >= 11 is 0. The van der Waals surface area contributed by atoms with Gasteiger partial charge in [-0.25, -0.2) is 0 Å². The predicted molar refractivity (Wildman–Crippen MR) is 48.1 cm³/mol. The van der Waals surface area contributed by atoms with Crippen molar-refractivity contribution in [2.75, 3.05) is 13.2 Å². The minimum Gasteiger partial charge on any atom is -0.395 e. The highest BCUT2D eigenvalue weighted by Crippen LogP contribution is 2.29. The zero-order valence-electron chi connectivity index (χ0n) is 8.08. The van der Waals surface area contributed by atoms with E-state index in [1.54, 1.807) is 0 Å². The lowest BCUT2D eigenvalue weighted by atomic mass is 9.92. The maximum absolute atomic E-state index is 9.06. The zero-order chi connectivity index (χ0) is 9.90. The minimum atomic E-state index is -0.609. The Morgan fingerprint density at radius 3 is 2.77 bits per heavy atom. The molecule has 1 rings (SSSR count). The van der Waals surface area contributed by atoms with Crippen molar-refractivity contribution in [1.29, 1.82) is 5.26 Å². The van der Waals surface area contributed by atoms with Crippen LogP contribution in [0.15, 0.2) is 0 Å². The van der Waals surface area contributed by atoms with Crippen molar-refractivity contribution in [1.82, 2.24) is 5.32 Å². The molecule has 4 nitrogen and oxygen atoms in total. The zero-order valence-corrected chi connectivity index (χ0v) is 8.08. The molecular weight excluding hydrogens is 168 g/mol. The Morgan fingerprint density at radius 2 is 2.38 bits per heavy atom. The van der Waals surface area contributed by atoms with Gasteiger partial charge < -0.3 is 9.84 Å². The molecular formula is C9H16N2O2. The van der Waals surface area contributed by atoms with E-state index in [1.165, 1.54) is 0 Å². The van der Waals surface area contributed by atoms with Crippen LogP contribution in [0.1, 0.15) is 20.3 Å². The molecule has 3 unspecified atom stereocenters. The van der Waals surface area contributed by atoms with Gasteiger partial charge in [0.05, 0.1) is 24.9 Å². The number of hydrogen-bond acceptors (Lipinski definition) is 4. The Kier molecular flexibility index (Phi) is 3.26. The Balaban J connectivity index is 2.64. The first-order chi connectivity index (χ1) is 6.14. The number of aliphatic hydroxyl groups excluding tert-OH is 1. The number of hydrogen-bond donors (Lipinski definition) is 2. The average molecular weight is 184 g/mol. The summed E-state index contributed by atoms with van der Waals surface area (Å²) in [5.74, 6) is 0. The average Bonchev–Trinajstić information content (AvgIpc) is 2.38. The second kappa shape index (κ2) is 4.05. The molecule has 0 aliphatic carbocycles. The molecule has 1 aliphatic rings. The van der Waals surface area contributed by atoms with E-state index < -0.39 is 5.54 Å². The molecule has 0 saturated carbocycles. The summed E-state index contributed by atoms with van der Waals surface area (Å²) in [5, 5.41) is 20.8. The number of ether oxygens (including phenoxy) is 1. The van der Waals surface area contributed by atoms with E-state index in [0.717, 1.165) is 0 Å². The number of nitrogens with zero attached hydrogens (tertiary/aromatic N) is 1. The lowest BCUT2D eigenvalue weighted by Gasteiger charge is -2.25. The van der Waals surface area contributed by atoms with E-state index in [-0.39, 0.29) is 18.8 Å². The molecule has 0 aromatic heterocycles. The highest BCUT2D eigenvalue weighted by atomic mass is 16.5. The van der Waals surface area contributed by atoms with Crippen LogP contribution in [0, 0.1) is 11.3 Å². The van der Waals surface area contributed by atoms with Crippen LogP contribution in [0.5, 0.6) is 0 Å². The molecule has 0 aromatic rings. The molecule has 1 heterocycles. The third kappa shape index (κ3) is 1.99. The summed E-state index contributed by atoms with van der Waals surface area (Å²) in [6, 6.07) is 2.25. The van der Waals surface area contributed by atoms with Crippen LogP contribution >= 0.6 is 0 Å². The molecule has 74 valence electrons. The molecule has 13 heavy (non-hydrogen) atoms. The predicted octanol–water partition coefficient (Wildman–Crippen LogP) is 0.0280. The summed E-state index contributed by atoms with van der Waals surface area (Å²) in [4.78, 5) is 0. The lowest BCUT2D eigenvalue weighted by molar-refractivity contribution is 0.0519. The molecule has 1 fully saturated rings. The maximum Gasteiger partial charge on any atom is 0.135 e. The molecule has 0 amide bonds. The van der Waals surface area contributed by atoms with E-state index in [1.807, 2.05) is 13.8 Å². The molecule has 0 radical (unpaired) electrons. The Bertz CT molecular complexity index is 214. The van der Waals surface area contributed by atoms with Gasteiger partial charge in [-0.2, -0.15) is 5.26 Å². The van der Waals surface area contributed by atoms with Gasteiger partial charge >= 0.3 is 0 Å². The van der Waals surface area contributed by atoms with E-state index >= 15 is 0 Å². The molecule has 0 aromatic carbocycles. The maximum atomic E-state index is 9.06. The van der Waals surface area contributed by atoms with Crippen molar-refractivity contribution in [3.63, 3.8) is 0 Å². The number of nitriles is 1. The second-order valence-corrected chi connectivity index (χ2v) is 3.53. The molecule has 0 bridgehead atoms. The van der Waals surface area contributed by atoms with E-state index in [4.69, 9.17) is 15.1 Å². The summed E-state index contributed by atoms with van der Waals surface area (Å²) in [7, 11) is 0. The number of aliphatic hydroxyl groups is 1. The van der Waals surface area contributed by atoms with E-state index in [9.17, 15) is 0 Å². The molecule has 1 aliphatic heterocycles. The molecule has 1 saturated heterocycles. The van der Waals surface area contributed by atoms with Gasteiger partial charge in [0.1, 0.15) is 5.54 Å². The van der Waals surface area contributed by atoms with Gasteiger partial charge in [-0.3, -0.25) is 5.32 Å². The van der Waals surface area contributed by atoms with Crippen molar-refractivity contribution in [3.05, 3.63) is 0 Å². The Morgan fingerprint density at radius 1 is 1.69 bits per heavy atom. The standard InChI is InChI=1S/C9H16N2O2/c1-7-5-9(6-10,8(2)13-7)11-3-4-12/h7-8,11-12H,3-5H2,1-2H3. The van der Waals surface area contributed by atoms with Gasteiger partial charge in [-0.15, -0.1) is 0 Å². The Labute approximate surface area is 78.5 Å². The van der Waals surface area contributed by atoms with Crippen molar-refractivity contribution in [2.24, 2.45) is 0 Å². The number of β-amino-alcohol motifs (C(OH)–C–C–N with tert-alkyl or cyclic N) is 1. The third-order valence-corrected chi connectivity index (χ3v) is 2.49. The monoisotopic (exact) mass is 184 g/mol. The van der Waals surface area contributed by atoms with Gasteiger partial charge in [0, 0.05) is 13.0 Å². The topological polar surface area (TPSA) is 65.3 Å². The fraction of sp³-hybridized carbons (Fsp3) is 0.889. The van der Waals surface area contributed by atoms with Crippen LogP contribution in [0.2, 0.25) is 0 Å². The SMILES string of the molecule is CC1CC(C#N)(NCCO)C(C)O1. The van der Waals surface area contributed by atoms with Crippen LogP contribution in [0.25, 0.3) is 0 Å². The van der Waals surface area contributed by atoms with Crippen molar-refractivity contribution in [3.8, 4) is 6.07 Å². The van der Waals surface area contributed by atoms with Gasteiger partial charge in [0.2, 0.25) is 0 Å². The van der Waals surface area contributed by atoms with Crippen LogP contribution in [-0.2, 0) is 4.74 Å². The van der Waals surface area contributed by atoms with Gasteiger partial charge in [-0.05, 0) is 13.8 Å². The van der Waals surface area contributed by atoms with Gasteiger partial charge in [0.15, 0.2) is 0 Å². The van der Waals surface area contributed by atoms with Crippen LogP contribution in [0.3, 0.4) is 0 Å². The summed E-state index contributed by atoms with van der Waals surface area (Å²) in [6.07, 6.45) is 0.685. The molecule has 0 spiro atoms. The highest BCUT2D eigenvalue weighted by molar-refractivity contribution is 5.15. The number of nitrogens with one attached hydrogen (secondary N) is 1. The van der Waals surface area contributed by atoms with Gasteiger partial charge in [-0.1, -0.05) is 0 Å². The normalized spacial score (nSPS) is 38.9. The van der Waals surface area contributed by atoms with E-state index in [2.05, 4.69) is 11.4 Å². The summed E-state index contributed by atoms with van der Waals surface area (Å²) in [5.41, 5.74) is -0.609.